The molecule has 1 aliphatic rings. The minimum Gasteiger partial charge on any atom is -0.394 e. The number of nitrogens with two attached hydrogens (primary N) is 1. The van der Waals surface area contributed by atoms with Crippen LogP contribution in [-0.4, -0.2) is 43.8 Å². The van der Waals surface area contributed by atoms with Crippen LogP contribution in [0, 0.1) is 0 Å². The Morgan fingerprint density at radius 2 is 2.35 bits per heavy atom. The van der Waals surface area contributed by atoms with Gasteiger partial charge in [-0.1, -0.05) is 0 Å². The lowest BCUT2D eigenvalue weighted by atomic mass is 10.2. The van der Waals surface area contributed by atoms with Gasteiger partial charge in [-0.15, -0.1) is 0 Å². The highest BCUT2D eigenvalue weighted by Gasteiger charge is 2.42. The Morgan fingerprint density at radius 3 is 2.88 bits per heavy atom. The van der Waals surface area contributed by atoms with Crippen molar-refractivity contribution in [3.05, 3.63) is 22.7 Å². The third kappa shape index (κ3) is 2.16. The van der Waals surface area contributed by atoms with E-state index < -0.39 is 29.4 Å². The number of aromatic nitrogens is 2. The van der Waals surface area contributed by atoms with Crippen molar-refractivity contribution in [2.24, 2.45) is 0 Å². The molecule has 1 fully saturated rings. The lowest BCUT2D eigenvalue weighted by molar-refractivity contribution is -0.0456. The average Bonchev–Trinajstić information content (AvgIpc) is 2.57. The van der Waals surface area contributed by atoms with Crippen LogP contribution in [-0.2, 0) is 4.74 Å². The molecule has 1 aliphatic heterocycles. The summed E-state index contributed by atoms with van der Waals surface area (Å²) in [6.45, 7) is -0.341. The predicted molar refractivity (Wildman–Crippen MR) is 62.7 cm³/mol. The number of ether oxygens (including phenoxy) is 1. The van der Waals surface area contributed by atoms with Gasteiger partial charge in [0.2, 0.25) is 0 Å². The van der Waals surface area contributed by atoms with Crippen molar-refractivity contribution in [2.75, 3.05) is 12.3 Å². The first-order valence-corrected chi connectivity index (χ1v) is 5.53. The fraction of sp³-hybridized carbons (Fsp3) is 0.556. The summed E-state index contributed by atoms with van der Waals surface area (Å²) in [5.74, 6) is 0.110. The normalized spacial score (nSPS) is 32.9. The molecule has 0 spiro atoms. The summed E-state index contributed by atoms with van der Waals surface area (Å²) in [7, 11) is 0. The summed E-state index contributed by atoms with van der Waals surface area (Å²) < 4.78 is 6.54. The number of nitrogen functional groups attached to an aromatic ring is 1. The lowest BCUT2D eigenvalue weighted by Crippen LogP contribution is -2.33. The molecule has 2 rings (SSSR count). The van der Waals surface area contributed by atoms with Crippen LogP contribution in [0.2, 0.25) is 0 Å². The SMILES string of the molecule is Nc1ccn([C@@H]2O[C@H](CO)C(O)C2S)c(=O)n1. The summed E-state index contributed by atoms with van der Waals surface area (Å²) >= 11 is 4.18. The van der Waals surface area contributed by atoms with Gasteiger partial charge < -0.3 is 20.7 Å². The number of rotatable bonds is 2. The van der Waals surface area contributed by atoms with Gasteiger partial charge in [-0.3, -0.25) is 4.57 Å². The molecule has 8 heteroatoms. The van der Waals surface area contributed by atoms with E-state index >= 15 is 0 Å². The molecule has 2 heterocycles. The lowest BCUT2D eigenvalue weighted by Gasteiger charge is -2.17. The molecule has 4 atom stereocenters. The van der Waals surface area contributed by atoms with E-state index in [2.05, 4.69) is 17.6 Å². The Bertz CT molecular complexity index is 466. The van der Waals surface area contributed by atoms with Crippen molar-refractivity contribution in [3.63, 3.8) is 0 Å². The van der Waals surface area contributed by atoms with E-state index in [-0.39, 0.29) is 12.4 Å². The smallest absolute Gasteiger partial charge is 0.351 e. The Morgan fingerprint density at radius 1 is 1.65 bits per heavy atom. The molecule has 1 aromatic rings. The van der Waals surface area contributed by atoms with E-state index in [4.69, 9.17) is 15.6 Å². The molecule has 2 unspecified atom stereocenters. The van der Waals surface area contributed by atoms with Crippen molar-refractivity contribution in [2.45, 2.75) is 23.7 Å². The molecule has 0 radical (unpaired) electrons. The quantitative estimate of drug-likeness (QED) is 0.475. The van der Waals surface area contributed by atoms with Gasteiger partial charge in [0.15, 0.2) is 6.23 Å². The highest BCUT2D eigenvalue weighted by molar-refractivity contribution is 7.81. The maximum atomic E-state index is 11.6. The fourth-order valence-corrected chi connectivity index (χ4v) is 2.14. The molecule has 0 aliphatic carbocycles. The van der Waals surface area contributed by atoms with Crippen LogP contribution in [0.1, 0.15) is 6.23 Å². The van der Waals surface area contributed by atoms with Gasteiger partial charge in [-0.25, -0.2) is 4.79 Å². The number of thiol groups is 1. The van der Waals surface area contributed by atoms with Crippen molar-refractivity contribution < 1.29 is 14.9 Å². The van der Waals surface area contributed by atoms with Gasteiger partial charge in [-0.05, 0) is 6.07 Å². The topological polar surface area (TPSA) is 111 Å². The summed E-state index contributed by atoms with van der Waals surface area (Å²) in [5.41, 5.74) is 4.78. The summed E-state index contributed by atoms with van der Waals surface area (Å²) in [6.07, 6.45) is -1.05. The molecule has 0 bridgehead atoms. The van der Waals surface area contributed by atoms with Crippen LogP contribution < -0.4 is 11.4 Å². The van der Waals surface area contributed by atoms with Crippen LogP contribution in [0.3, 0.4) is 0 Å². The average molecular weight is 259 g/mol. The van der Waals surface area contributed by atoms with E-state index in [9.17, 15) is 9.90 Å². The molecule has 7 nitrogen and oxygen atoms in total. The summed E-state index contributed by atoms with van der Waals surface area (Å²) in [4.78, 5) is 15.1. The Hall–Kier alpha value is -1.09. The van der Waals surface area contributed by atoms with Crippen molar-refractivity contribution >= 4 is 18.4 Å². The van der Waals surface area contributed by atoms with Crippen LogP contribution in [0.5, 0.6) is 0 Å². The van der Waals surface area contributed by atoms with E-state index in [1.807, 2.05) is 0 Å². The predicted octanol–water partition coefficient (Wildman–Crippen LogP) is -1.63. The molecule has 17 heavy (non-hydrogen) atoms. The number of hydrogen-bond acceptors (Lipinski definition) is 7. The minimum absolute atomic E-state index is 0.110. The number of aliphatic hydroxyl groups excluding tert-OH is 2. The monoisotopic (exact) mass is 259 g/mol. The Kier molecular flexibility index (Phi) is 3.38. The van der Waals surface area contributed by atoms with Crippen LogP contribution >= 0.6 is 12.6 Å². The largest absolute Gasteiger partial charge is 0.394 e. The molecular formula is C9H13N3O4S. The van der Waals surface area contributed by atoms with Gasteiger partial charge in [-0.2, -0.15) is 17.6 Å². The number of hydrogen-bond donors (Lipinski definition) is 4. The summed E-state index contributed by atoms with van der Waals surface area (Å²) in [6, 6.07) is 1.45. The van der Waals surface area contributed by atoms with Crippen LogP contribution in [0.4, 0.5) is 5.82 Å². The van der Waals surface area contributed by atoms with E-state index in [0.29, 0.717) is 0 Å². The van der Waals surface area contributed by atoms with Crippen molar-refractivity contribution in [3.8, 4) is 0 Å². The van der Waals surface area contributed by atoms with Crippen molar-refractivity contribution in [1.29, 1.82) is 0 Å². The zero-order chi connectivity index (χ0) is 12.6. The van der Waals surface area contributed by atoms with Gasteiger partial charge in [0, 0.05) is 6.20 Å². The molecule has 0 aromatic carbocycles. The molecule has 1 aromatic heterocycles. The first-order chi connectivity index (χ1) is 8.04. The molecule has 4 N–H and O–H groups in total. The number of nitrogens with zero attached hydrogens (tertiary/aromatic N) is 2. The third-order valence-electron chi connectivity index (χ3n) is 2.64. The van der Waals surface area contributed by atoms with E-state index in [1.165, 1.54) is 16.8 Å². The van der Waals surface area contributed by atoms with Crippen LogP contribution in [0.15, 0.2) is 17.1 Å². The first kappa shape index (κ1) is 12.4. The Labute approximate surface area is 102 Å². The van der Waals surface area contributed by atoms with Crippen LogP contribution in [0.25, 0.3) is 0 Å². The second-order valence-corrected chi connectivity index (χ2v) is 4.37. The molecule has 0 saturated carbocycles. The second kappa shape index (κ2) is 4.65. The molecule has 0 amide bonds. The van der Waals surface area contributed by atoms with E-state index in [1.54, 1.807) is 0 Å². The van der Waals surface area contributed by atoms with Crippen molar-refractivity contribution in [1.82, 2.24) is 9.55 Å². The number of anilines is 1. The maximum Gasteiger partial charge on any atom is 0.351 e. The standard InChI is InChI=1S/C9H13N3O4S/c10-5-1-2-12(9(15)11-5)8-7(17)6(14)4(3-13)16-8/h1-2,4,6-8,13-14,17H,3H2,(H2,10,11,15)/t4-,6?,7?,8-/m1/s1. The van der Waals surface area contributed by atoms with E-state index in [0.717, 1.165) is 0 Å². The Balaban J connectivity index is 2.32. The zero-order valence-corrected chi connectivity index (χ0v) is 9.70. The summed E-state index contributed by atoms with van der Waals surface area (Å²) in [5, 5.41) is 18.1. The van der Waals surface area contributed by atoms with Gasteiger partial charge in [0.1, 0.15) is 11.9 Å². The first-order valence-electron chi connectivity index (χ1n) is 5.01. The minimum atomic E-state index is -0.946. The molecular weight excluding hydrogens is 246 g/mol. The van der Waals surface area contributed by atoms with Gasteiger partial charge in [0.05, 0.1) is 18.0 Å². The second-order valence-electron chi connectivity index (χ2n) is 3.77. The van der Waals surface area contributed by atoms with Gasteiger partial charge in [0.25, 0.3) is 0 Å². The number of aliphatic hydroxyl groups is 2. The molecule has 94 valence electrons. The fourth-order valence-electron chi connectivity index (χ4n) is 1.73. The maximum absolute atomic E-state index is 11.6. The van der Waals surface area contributed by atoms with Gasteiger partial charge >= 0.3 is 5.69 Å². The highest BCUT2D eigenvalue weighted by atomic mass is 32.1. The highest BCUT2D eigenvalue weighted by Crippen LogP contribution is 2.31. The third-order valence-corrected chi connectivity index (χ3v) is 3.20. The zero-order valence-electron chi connectivity index (χ0n) is 8.80. The molecule has 1 saturated heterocycles.